The van der Waals surface area contributed by atoms with Crippen molar-refractivity contribution in [3.8, 4) is 0 Å². The molecule has 16 fully saturated rings. The van der Waals surface area contributed by atoms with Crippen molar-refractivity contribution in [3.05, 3.63) is 0 Å². The lowest BCUT2D eigenvalue weighted by Crippen LogP contribution is -2.74. The highest BCUT2D eigenvalue weighted by Crippen LogP contribution is 2.67. The van der Waals surface area contributed by atoms with Crippen molar-refractivity contribution >= 4 is 5.97 Å². The van der Waals surface area contributed by atoms with Crippen LogP contribution in [0.1, 0.15) is 168 Å². The van der Waals surface area contributed by atoms with Crippen molar-refractivity contribution in [3.63, 3.8) is 0 Å². The number of ether oxygens (including phenoxy) is 7. The average molecular weight is 791 g/mol. The van der Waals surface area contributed by atoms with Crippen LogP contribution in [0, 0.1) is 70.5 Å². The molecule has 0 radical (unpaired) electrons. The molecule has 16 aliphatic carbocycles. The van der Waals surface area contributed by atoms with Gasteiger partial charge >= 0.3 is 5.97 Å². The van der Waals surface area contributed by atoms with E-state index >= 15 is 0 Å². The molecule has 318 valence electrons. The first-order valence-electron chi connectivity index (χ1n) is 24.4. The number of rotatable bonds is 15. The summed E-state index contributed by atoms with van der Waals surface area (Å²) >= 11 is 0. The zero-order valence-electron chi connectivity index (χ0n) is 35.7. The Labute approximate surface area is 342 Å². The smallest absolute Gasteiger partial charge is 0.312 e. The zero-order valence-corrected chi connectivity index (χ0v) is 35.7. The summed E-state index contributed by atoms with van der Waals surface area (Å²) < 4.78 is 49.3. The van der Waals surface area contributed by atoms with Crippen LogP contribution in [0.2, 0.25) is 0 Å². The predicted octanol–water partition coefficient (Wildman–Crippen LogP) is 9.89. The third-order valence-electron chi connectivity index (χ3n) is 19.9. The summed E-state index contributed by atoms with van der Waals surface area (Å²) in [5, 5.41) is 0. The Morgan fingerprint density at radius 1 is 0.456 bits per heavy atom. The third-order valence-corrected chi connectivity index (χ3v) is 19.9. The molecule has 2 atom stereocenters. The molecule has 0 aromatic heterocycles. The first-order chi connectivity index (χ1) is 27.4. The van der Waals surface area contributed by atoms with Crippen LogP contribution in [0.5, 0.6) is 0 Å². The maximum absolute atomic E-state index is 14.2. The van der Waals surface area contributed by atoms with E-state index in [-0.39, 0.29) is 31.9 Å². The minimum atomic E-state index is -0.746. The lowest BCUT2D eigenvalue weighted by atomic mass is 9.48. The van der Waals surface area contributed by atoms with Gasteiger partial charge in [-0.3, -0.25) is 4.79 Å². The largest absolute Gasteiger partial charge is 0.458 e. The molecule has 57 heavy (non-hydrogen) atoms. The van der Waals surface area contributed by atoms with Gasteiger partial charge in [-0.1, -0.05) is 6.92 Å². The Bertz CT molecular complexity index is 1410. The van der Waals surface area contributed by atoms with Crippen molar-refractivity contribution in [1.29, 1.82) is 0 Å². The molecule has 0 saturated heterocycles. The van der Waals surface area contributed by atoms with Gasteiger partial charge in [0.1, 0.15) is 26.0 Å². The average Bonchev–Trinajstić information content (AvgIpc) is 3.12. The van der Waals surface area contributed by atoms with Crippen LogP contribution >= 0.6 is 0 Å². The van der Waals surface area contributed by atoms with Gasteiger partial charge in [-0.25, -0.2) is 0 Å². The van der Waals surface area contributed by atoms with Crippen LogP contribution < -0.4 is 0 Å². The van der Waals surface area contributed by atoms with Crippen molar-refractivity contribution in [2.24, 2.45) is 70.5 Å². The molecule has 8 heteroatoms. The minimum Gasteiger partial charge on any atom is -0.458 e. The van der Waals surface area contributed by atoms with Gasteiger partial charge in [0.2, 0.25) is 0 Å². The summed E-state index contributed by atoms with van der Waals surface area (Å²) in [6.07, 6.45) is 26.9. The Balaban J connectivity index is 0.818. The fourth-order valence-electron chi connectivity index (χ4n) is 18.6. The van der Waals surface area contributed by atoms with E-state index in [1.54, 1.807) is 0 Å². The van der Waals surface area contributed by atoms with Crippen molar-refractivity contribution < 1.29 is 38.0 Å². The van der Waals surface area contributed by atoms with E-state index in [1.165, 1.54) is 103 Å². The standard InChI is InChI=1S/C49H74O8/c1-4-44(2,3)43(50)57-49-24-46(53-27-51-41-37-10-30-5-31(12-37)13-38(41)11-30)21-47(25-49,54-28-52-42-39-14-32-6-33(16-39)17-40(42)15-32)23-48(22-46,26-49)56-29-55-45-18-34-7-35(19-45)9-36(8-34)20-45/h30-42H,4-29H2,1-3H3. The predicted molar refractivity (Wildman–Crippen MR) is 212 cm³/mol. The lowest BCUT2D eigenvalue weighted by molar-refractivity contribution is -0.363. The normalized spacial score (nSPS) is 54.3. The van der Waals surface area contributed by atoms with Gasteiger partial charge in [0.25, 0.3) is 0 Å². The summed E-state index contributed by atoms with van der Waals surface area (Å²) in [5.74, 6) is 8.69. The van der Waals surface area contributed by atoms with Crippen LogP contribution in [0.3, 0.4) is 0 Å². The van der Waals surface area contributed by atoms with Crippen molar-refractivity contribution in [1.82, 2.24) is 0 Å². The Morgan fingerprint density at radius 3 is 1.18 bits per heavy atom. The molecular weight excluding hydrogens is 717 g/mol. The third kappa shape index (κ3) is 6.58. The van der Waals surface area contributed by atoms with Crippen molar-refractivity contribution in [2.45, 2.75) is 209 Å². The molecule has 16 bridgehead atoms. The highest BCUT2D eigenvalue weighted by Gasteiger charge is 2.72. The molecule has 0 heterocycles. The van der Waals surface area contributed by atoms with E-state index < -0.39 is 27.8 Å². The van der Waals surface area contributed by atoms with Gasteiger partial charge in [-0.05, 0) is 188 Å². The first kappa shape index (κ1) is 37.9. The van der Waals surface area contributed by atoms with Crippen LogP contribution in [-0.4, -0.2) is 66.6 Å². The lowest BCUT2D eigenvalue weighted by Gasteiger charge is -2.68. The summed E-state index contributed by atoms with van der Waals surface area (Å²) in [6.45, 7) is 7.01. The molecule has 16 rings (SSSR count). The van der Waals surface area contributed by atoms with Crippen LogP contribution in [0.15, 0.2) is 0 Å². The summed E-state index contributed by atoms with van der Waals surface area (Å²) in [4.78, 5) is 14.2. The SMILES string of the molecule is CCC(C)(C)C(=O)OC12CC3(OCOC4C5CC6CC(C5)CC4C6)CC(OCOC4C5CC6CC(C5)CC4C6)(CC(OCOC45CC6CC(CC(C6)C4)C5)(C3)C1)C2. The molecule has 2 unspecified atom stereocenters. The van der Waals surface area contributed by atoms with Gasteiger partial charge in [0.05, 0.1) is 40.0 Å². The van der Waals surface area contributed by atoms with Crippen LogP contribution in [0.4, 0.5) is 0 Å². The second-order valence-corrected chi connectivity index (χ2v) is 24.6. The molecule has 0 N–H and O–H groups in total. The highest BCUT2D eigenvalue weighted by atomic mass is 16.7. The molecule has 16 saturated carbocycles. The highest BCUT2D eigenvalue weighted by molar-refractivity contribution is 5.76. The number of esters is 1. The number of carbonyl (C=O) groups is 1. The molecule has 0 spiro atoms. The Kier molecular flexibility index (Phi) is 8.90. The van der Waals surface area contributed by atoms with Gasteiger partial charge < -0.3 is 33.2 Å². The number of carbonyl (C=O) groups excluding carboxylic acids is 1. The fraction of sp³-hybridized carbons (Fsp3) is 0.980. The van der Waals surface area contributed by atoms with Gasteiger partial charge in [-0.15, -0.1) is 0 Å². The van der Waals surface area contributed by atoms with Crippen LogP contribution in [0.25, 0.3) is 0 Å². The van der Waals surface area contributed by atoms with E-state index in [2.05, 4.69) is 6.92 Å². The summed E-state index contributed by atoms with van der Waals surface area (Å²) in [5.41, 5.74) is -3.11. The molecule has 0 aromatic rings. The fourth-order valence-corrected chi connectivity index (χ4v) is 18.6. The second kappa shape index (κ2) is 13.4. The van der Waals surface area contributed by atoms with E-state index in [1.807, 2.05) is 13.8 Å². The second-order valence-electron chi connectivity index (χ2n) is 24.6. The Morgan fingerprint density at radius 2 is 0.789 bits per heavy atom. The van der Waals surface area contributed by atoms with Gasteiger partial charge in [0.15, 0.2) is 0 Å². The maximum atomic E-state index is 14.2. The molecule has 16 aliphatic rings. The van der Waals surface area contributed by atoms with Gasteiger partial charge in [0, 0.05) is 38.5 Å². The van der Waals surface area contributed by atoms with E-state index in [0.29, 0.717) is 55.1 Å². The molecule has 0 aliphatic heterocycles. The maximum Gasteiger partial charge on any atom is 0.312 e. The van der Waals surface area contributed by atoms with Crippen molar-refractivity contribution in [2.75, 3.05) is 20.4 Å². The zero-order chi connectivity index (χ0) is 38.4. The van der Waals surface area contributed by atoms with Gasteiger partial charge in [-0.2, -0.15) is 0 Å². The molecular formula is C49H74O8. The monoisotopic (exact) mass is 791 g/mol. The van der Waals surface area contributed by atoms with E-state index in [4.69, 9.17) is 33.2 Å². The summed E-state index contributed by atoms with van der Waals surface area (Å²) in [7, 11) is 0. The molecule has 0 amide bonds. The van der Waals surface area contributed by atoms with Crippen LogP contribution in [-0.2, 0) is 38.0 Å². The number of hydrogen-bond donors (Lipinski definition) is 0. The minimum absolute atomic E-state index is 0.0340. The summed E-state index contributed by atoms with van der Waals surface area (Å²) in [6, 6.07) is 0. The van der Waals surface area contributed by atoms with E-state index in [9.17, 15) is 4.79 Å². The topological polar surface area (TPSA) is 81.7 Å². The number of hydrogen-bond acceptors (Lipinski definition) is 8. The molecule has 0 aromatic carbocycles. The first-order valence-corrected chi connectivity index (χ1v) is 24.4. The quantitative estimate of drug-likeness (QED) is 0.120. The van der Waals surface area contributed by atoms with E-state index in [0.717, 1.165) is 67.1 Å². The Hall–Kier alpha value is -0.770. The molecule has 8 nitrogen and oxygen atoms in total.